The number of likely N-dealkylation sites (N-methyl/N-ethyl adjacent to an activating group) is 1. The summed E-state index contributed by atoms with van der Waals surface area (Å²) in [6, 6.07) is 6.89. The first-order chi connectivity index (χ1) is 11.4. The summed E-state index contributed by atoms with van der Waals surface area (Å²) < 4.78 is 0. The van der Waals surface area contributed by atoms with Crippen LogP contribution in [0.1, 0.15) is 35.6 Å². The SMILES string of the molecule is C=CC(=O)N(C)c1ccc(C(=O)NC(C)(CC)c2nccs2)cc1. The lowest BCUT2D eigenvalue weighted by Crippen LogP contribution is -2.43. The Morgan fingerprint density at radius 2 is 2.04 bits per heavy atom. The number of benzene rings is 1. The highest BCUT2D eigenvalue weighted by Gasteiger charge is 2.29. The Morgan fingerprint density at radius 3 is 2.54 bits per heavy atom. The maximum atomic E-state index is 12.6. The van der Waals surface area contributed by atoms with Crippen molar-refractivity contribution in [1.82, 2.24) is 10.3 Å². The van der Waals surface area contributed by atoms with E-state index < -0.39 is 5.54 Å². The molecule has 0 aliphatic rings. The van der Waals surface area contributed by atoms with E-state index in [0.29, 0.717) is 11.3 Å². The number of carbonyl (C=O) groups is 2. The van der Waals surface area contributed by atoms with Crippen LogP contribution in [-0.4, -0.2) is 23.8 Å². The van der Waals surface area contributed by atoms with Crippen molar-refractivity contribution in [2.75, 3.05) is 11.9 Å². The second-order valence-electron chi connectivity index (χ2n) is 5.63. The molecular formula is C18H21N3O2S. The van der Waals surface area contributed by atoms with Crippen LogP contribution in [0.3, 0.4) is 0 Å². The van der Waals surface area contributed by atoms with Crippen LogP contribution in [0.25, 0.3) is 0 Å². The molecule has 2 rings (SSSR count). The van der Waals surface area contributed by atoms with Gasteiger partial charge < -0.3 is 10.2 Å². The first kappa shape index (κ1) is 17.9. The van der Waals surface area contributed by atoms with Crippen LogP contribution in [-0.2, 0) is 10.3 Å². The van der Waals surface area contributed by atoms with E-state index in [-0.39, 0.29) is 11.8 Å². The van der Waals surface area contributed by atoms with E-state index in [4.69, 9.17) is 0 Å². The van der Waals surface area contributed by atoms with E-state index in [2.05, 4.69) is 16.9 Å². The van der Waals surface area contributed by atoms with Gasteiger partial charge in [-0.15, -0.1) is 11.3 Å². The van der Waals surface area contributed by atoms with Crippen molar-refractivity contribution in [2.24, 2.45) is 0 Å². The minimum Gasteiger partial charge on any atom is -0.340 e. The highest BCUT2D eigenvalue weighted by atomic mass is 32.1. The molecule has 0 spiro atoms. The molecule has 2 amide bonds. The topological polar surface area (TPSA) is 62.3 Å². The number of amides is 2. The monoisotopic (exact) mass is 343 g/mol. The number of aromatic nitrogens is 1. The predicted molar refractivity (Wildman–Crippen MR) is 97.3 cm³/mol. The summed E-state index contributed by atoms with van der Waals surface area (Å²) in [5.74, 6) is -0.367. The predicted octanol–water partition coefficient (Wildman–Crippen LogP) is 3.35. The Kier molecular flexibility index (Phi) is 5.51. The molecule has 1 unspecified atom stereocenters. The fraction of sp³-hybridized carbons (Fsp3) is 0.278. The lowest BCUT2D eigenvalue weighted by molar-refractivity contribution is -0.113. The van der Waals surface area contributed by atoms with Crippen molar-refractivity contribution in [2.45, 2.75) is 25.8 Å². The maximum absolute atomic E-state index is 12.6. The second kappa shape index (κ2) is 7.40. The molecule has 0 fully saturated rings. The number of carbonyl (C=O) groups excluding carboxylic acids is 2. The normalized spacial score (nSPS) is 13.0. The van der Waals surface area contributed by atoms with Gasteiger partial charge in [-0.25, -0.2) is 4.98 Å². The number of anilines is 1. The van der Waals surface area contributed by atoms with Crippen LogP contribution in [0.15, 0.2) is 48.5 Å². The Balaban J connectivity index is 2.15. The molecule has 5 nitrogen and oxygen atoms in total. The van der Waals surface area contributed by atoms with Crippen molar-refractivity contribution in [3.63, 3.8) is 0 Å². The first-order valence-electron chi connectivity index (χ1n) is 7.64. The molecule has 2 aromatic rings. The molecule has 0 saturated carbocycles. The molecule has 1 N–H and O–H groups in total. The standard InChI is InChI=1S/C18H21N3O2S/c1-5-15(22)21(4)14-9-7-13(8-10-14)16(23)20-18(3,6-2)17-19-11-12-24-17/h5,7-12H,1,6H2,2-4H3,(H,20,23). The highest BCUT2D eigenvalue weighted by molar-refractivity contribution is 7.09. The third-order valence-electron chi connectivity index (χ3n) is 4.02. The largest absolute Gasteiger partial charge is 0.340 e. The third-order valence-corrected chi connectivity index (χ3v) is 5.06. The lowest BCUT2D eigenvalue weighted by atomic mass is 9.99. The van der Waals surface area contributed by atoms with Crippen molar-refractivity contribution in [3.8, 4) is 0 Å². The zero-order chi connectivity index (χ0) is 17.7. The second-order valence-corrected chi connectivity index (χ2v) is 6.52. The van der Waals surface area contributed by atoms with Gasteiger partial charge in [-0.2, -0.15) is 0 Å². The average Bonchev–Trinajstić information content (AvgIpc) is 3.15. The number of rotatable bonds is 6. The quantitative estimate of drug-likeness (QED) is 0.818. The van der Waals surface area contributed by atoms with Crippen molar-refractivity contribution in [1.29, 1.82) is 0 Å². The summed E-state index contributed by atoms with van der Waals surface area (Å²) >= 11 is 1.52. The molecule has 1 aromatic carbocycles. The molecule has 126 valence electrons. The summed E-state index contributed by atoms with van der Waals surface area (Å²) in [4.78, 5) is 30.0. The minimum absolute atomic E-state index is 0.168. The van der Waals surface area contributed by atoms with E-state index in [0.717, 1.165) is 11.4 Å². The van der Waals surface area contributed by atoms with Crippen molar-refractivity contribution >= 4 is 28.8 Å². The number of nitrogens with one attached hydrogen (secondary N) is 1. The lowest BCUT2D eigenvalue weighted by Gasteiger charge is -2.27. The third kappa shape index (κ3) is 3.71. The van der Waals surface area contributed by atoms with Crippen LogP contribution < -0.4 is 10.2 Å². The molecule has 0 radical (unpaired) electrons. The molecule has 1 heterocycles. The molecule has 24 heavy (non-hydrogen) atoms. The van der Waals surface area contributed by atoms with Gasteiger partial charge in [-0.05, 0) is 43.7 Å². The number of nitrogens with zero attached hydrogens (tertiary/aromatic N) is 2. The maximum Gasteiger partial charge on any atom is 0.252 e. The van der Waals surface area contributed by atoms with Gasteiger partial charge in [-0.3, -0.25) is 9.59 Å². The molecule has 6 heteroatoms. The van der Waals surface area contributed by atoms with E-state index in [9.17, 15) is 9.59 Å². The summed E-state index contributed by atoms with van der Waals surface area (Å²) in [7, 11) is 1.66. The van der Waals surface area contributed by atoms with E-state index in [1.807, 2.05) is 19.2 Å². The van der Waals surface area contributed by atoms with Crippen LogP contribution in [0.5, 0.6) is 0 Å². The van der Waals surface area contributed by atoms with Crippen LogP contribution >= 0.6 is 11.3 Å². The van der Waals surface area contributed by atoms with Gasteiger partial charge >= 0.3 is 0 Å². The van der Waals surface area contributed by atoms with Gasteiger partial charge in [0, 0.05) is 29.9 Å². The van der Waals surface area contributed by atoms with Crippen LogP contribution in [0, 0.1) is 0 Å². The molecule has 0 aliphatic heterocycles. The van der Waals surface area contributed by atoms with Crippen LogP contribution in [0.2, 0.25) is 0 Å². The zero-order valence-corrected chi connectivity index (χ0v) is 14.9. The van der Waals surface area contributed by atoms with Crippen molar-refractivity contribution in [3.05, 3.63) is 59.1 Å². The smallest absolute Gasteiger partial charge is 0.252 e. The summed E-state index contributed by atoms with van der Waals surface area (Å²) in [6.07, 6.45) is 3.73. The van der Waals surface area contributed by atoms with Crippen LogP contribution in [0.4, 0.5) is 5.69 Å². The summed E-state index contributed by atoms with van der Waals surface area (Å²) in [5.41, 5.74) is 0.739. The molecular weight excluding hydrogens is 322 g/mol. The fourth-order valence-electron chi connectivity index (χ4n) is 2.21. The number of hydrogen-bond acceptors (Lipinski definition) is 4. The Morgan fingerprint density at radius 1 is 1.38 bits per heavy atom. The average molecular weight is 343 g/mol. The zero-order valence-electron chi connectivity index (χ0n) is 14.1. The molecule has 0 aliphatic carbocycles. The number of hydrogen-bond donors (Lipinski definition) is 1. The van der Waals surface area contributed by atoms with Gasteiger partial charge in [-0.1, -0.05) is 13.5 Å². The van der Waals surface area contributed by atoms with Gasteiger partial charge in [0.2, 0.25) is 5.91 Å². The summed E-state index contributed by atoms with van der Waals surface area (Å²) in [5, 5.41) is 5.84. The van der Waals surface area contributed by atoms with Crippen molar-refractivity contribution < 1.29 is 9.59 Å². The minimum atomic E-state index is -0.500. The Hall–Kier alpha value is -2.47. The highest BCUT2D eigenvalue weighted by Crippen LogP contribution is 2.27. The Bertz CT molecular complexity index is 725. The van der Waals surface area contributed by atoms with E-state index in [1.54, 1.807) is 37.5 Å². The summed E-state index contributed by atoms with van der Waals surface area (Å²) in [6.45, 7) is 7.45. The fourth-order valence-corrected chi connectivity index (χ4v) is 3.04. The van der Waals surface area contributed by atoms with Gasteiger partial charge in [0.15, 0.2) is 0 Å². The molecule has 0 saturated heterocycles. The molecule has 0 bridgehead atoms. The molecule has 1 aromatic heterocycles. The van der Waals surface area contributed by atoms with Gasteiger partial charge in [0.05, 0.1) is 5.54 Å². The van der Waals surface area contributed by atoms with Gasteiger partial charge in [0.25, 0.3) is 5.91 Å². The first-order valence-corrected chi connectivity index (χ1v) is 8.52. The van der Waals surface area contributed by atoms with E-state index >= 15 is 0 Å². The number of thiazole rings is 1. The Labute approximate surface area is 146 Å². The molecule has 1 atom stereocenters. The van der Waals surface area contributed by atoms with E-state index in [1.165, 1.54) is 22.3 Å². The van der Waals surface area contributed by atoms with Gasteiger partial charge in [0.1, 0.15) is 5.01 Å².